The third kappa shape index (κ3) is 1.22. The van der Waals surface area contributed by atoms with E-state index >= 15 is 0 Å². The molecule has 0 spiro atoms. The second kappa shape index (κ2) is 3.00. The molecule has 0 fully saturated rings. The number of hydrogen-bond acceptors (Lipinski definition) is 3. The molecule has 14 heavy (non-hydrogen) atoms. The predicted molar refractivity (Wildman–Crippen MR) is 63.2 cm³/mol. The van der Waals surface area contributed by atoms with Crippen molar-refractivity contribution in [1.82, 2.24) is 0 Å². The van der Waals surface area contributed by atoms with Crippen LogP contribution in [0.4, 0.5) is 0 Å². The third-order valence-electron chi connectivity index (χ3n) is 2.05. The van der Waals surface area contributed by atoms with Crippen LogP contribution in [-0.4, -0.2) is 11.9 Å². The zero-order valence-electron chi connectivity index (χ0n) is 7.07. The Bertz CT molecular complexity index is 520. The van der Waals surface area contributed by atoms with Crippen molar-refractivity contribution in [2.24, 2.45) is 9.98 Å². The van der Waals surface area contributed by atoms with Crippen LogP contribution in [-0.2, 0) is 0 Å². The monoisotopic (exact) mass is 264 g/mol. The Kier molecular flexibility index (Phi) is 1.78. The van der Waals surface area contributed by atoms with Crippen LogP contribution in [0, 0.1) is 0 Å². The molecular formula is C10H5BrN2S. The first-order valence-corrected chi connectivity index (χ1v) is 5.75. The van der Waals surface area contributed by atoms with Crippen molar-refractivity contribution in [2.75, 3.05) is 0 Å². The molecule has 4 heteroatoms. The fraction of sp³-hybridized carbons (Fsp3) is 0. The molecule has 0 aromatic carbocycles. The Balaban J connectivity index is 2.04. The third-order valence-corrected chi connectivity index (χ3v) is 3.69. The number of fused-ring (bicyclic) bond motifs is 1. The van der Waals surface area contributed by atoms with E-state index in [9.17, 15) is 0 Å². The van der Waals surface area contributed by atoms with Crippen molar-refractivity contribution < 1.29 is 0 Å². The Morgan fingerprint density at radius 3 is 2.86 bits per heavy atom. The van der Waals surface area contributed by atoms with Gasteiger partial charge in [0, 0.05) is 6.21 Å². The average molecular weight is 265 g/mol. The largest absolute Gasteiger partial charge is 0.254 e. The summed E-state index contributed by atoms with van der Waals surface area (Å²) in [5.74, 6) is 0. The van der Waals surface area contributed by atoms with Gasteiger partial charge >= 0.3 is 0 Å². The SMILES string of the molecule is Brc1ccc(C2=NC3=CC=NC3=C2)s1. The van der Waals surface area contributed by atoms with Crippen molar-refractivity contribution >= 4 is 39.2 Å². The number of aliphatic imine (C=N–C) groups is 2. The summed E-state index contributed by atoms with van der Waals surface area (Å²) in [7, 11) is 0. The summed E-state index contributed by atoms with van der Waals surface area (Å²) < 4.78 is 1.13. The van der Waals surface area contributed by atoms with Crippen LogP contribution in [0.2, 0.25) is 0 Å². The summed E-state index contributed by atoms with van der Waals surface area (Å²) in [6.07, 6.45) is 5.74. The molecule has 0 amide bonds. The van der Waals surface area contributed by atoms with Gasteiger partial charge in [-0.05, 0) is 40.2 Å². The van der Waals surface area contributed by atoms with E-state index in [1.807, 2.05) is 18.2 Å². The summed E-state index contributed by atoms with van der Waals surface area (Å²) in [6, 6.07) is 4.10. The topological polar surface area (TPSA) is 24.7 Å². The standard InChI is InChI=1S/C10H5BrN2S/c11-10-2-1-9(14-10)8-5-7-6(13-8)3-4-12-7/h1-5H. The van der Waals surface area contributed by atoms with E-state index in [2.05, 4.69) is 32.0 Å². The zero-order valence-corrected chi connectivity index (χ0v) is 9.47. The van der Waals surface area contributed by atoms with Gasteiger partial charge in [0.15, 0.2) is 0 Å². The molecule has 0 atom stereocenters. The molecule has 2 aliphatic heterocycles. The van der Waals surface area contributed by atoms with Gasteiger partial charge in [-0.1, -0.05) is 0 Å². The molecule has 2 aliphatic rings. The van der Waals surface area contributed by atoms with Crippen molar-refractivity contribution in [3.63, 3.8) is 0 Å². The lowest BCUT2D eigenvalue weighted by molar-refractivity contribution is 1.33. The van der Waals surface area contributed by atoms with Gasteiger partial charge in [0.2, 0.25) is 0 Å². The number of hydrogen-bond donors (Lipinski definition) is 0. The van der Waals surface area contributed by atoms with Crippen LogP contribution in [0.25, 0.3) is 0 Å². The van der Waals surface area contributed by atoms with Gasteiger partial charge in [-0.3, -0.25) is 4.99 Å². The summed E-state index contributed by atoms with van der Waals surface area (Å²) >= 11 is 5.12. The lowest BCUT2D eigenvalue weighted by Crippen LogP contribution is -1.88. The van der Waals surface area contributed by atoms with Gasteiger partial charge in [-0.25, -0.2) is 4.99 Å². The highest BCUT2D eigenvalue weighted by Crippen LogP contribution is 2.29. The summed E-state index contributed by atoms with van der Waals surface area (Å²) in [4.78, 5) is 9.86. The zero-order chi connectivity index (χ0) is 9.54. The van der Waals surface area contributed by atoms with Gasteiger partial charge in [0.05, 0.1) is 25.8 Å². The van der Waals surface area contributed by atoms with Gasteiger partial charge in [0.25, 0.3) is 0 Å². The quantitative estimate of drug-likeness (QED) is 0.745. The minimum absolute atomic E-state index is 0.976. The highest BCUT2D eigenvalue weighted by Gasteiger charge is 2.17. The number of thiophene rings is 1. The summed E-state index contributed by atoms with van der Waals surface area (Å²) in [5, 5.41) is 0. The molecule has 1 aromatic rings. The molecule has 0 radical (unpaired) electrons. The highest BCUT2D eigenvalue weighted by molar-refractivity contribution is 9.11. The Morgan fingerprint density at radius 2 is 2.14 bits per heavy atom. The van der Waals surface area contributed by atoms with E-state index in [0.29, 0.717) is 0 Å². The molecule has 3 rings (SSSR count). The minimum Gasteiger partial charge on any atom is -0.254 e. The normalized spacial score (nSPS) is 17.9. The lowest BCUT2D eigenvalue weighted by atomic mass is 10.3. The van der Waals surface area contributed by atoms with Gasteiger partial charge in [-0.2, -0.15) is 0 Å². The van der Waals surface area contributed by atoms with Gasteiger partial charge in [0.1, 0.15) is 0 Å². The van der Waals surface area contributed by atoms with Crippen molar-refractivity contribution in [3.8, 4) is 0 Å². The molecule has 3 heterocycles. The molecule has 0 saturated carbocycles. The maximum atomic E-state index is 4.48. The van der Waals surface area contributed by atoms with E-state index < -0.39 is 0 Å². The summed E-state index contributed by atoms with van der Waals surface area (Å²) in [6.45, 7) is 0. The molecule has 0 saturated heterocycles. The van der Waals surface area contributed by atoms with Crippen molar-refractivity contribution in [2.45, 2.75) is 0 Å². The van der Waals surface area contributed by atoms with E-state index in [4.69, 9.17) is 0 Å². The average Bonchev–Trinajstić information content (AvgIpc) is 2.75. The van der Waals surface area contributed by atoms with Gasteiger partial charge < -0.3 is 0 Å². The minimum atomic E-state index is 0.976. The second-order valence-electron chi connectivity index (χ2n) is 2.96. The Hall–Kier alpha value is -1.000. The van der Waals surface area contributed by atoms with E-state index in [0.717, 1.165) is 20.9 Å². The molecule has 0 bridgehead atoms. The first-order chi connectivity index (χ1) is 6.83. The van der Waals surface area contributed by atoms with Crippen LogP contribution in [0.3, 0.4) is 0 Å². The van der Waals surface area contributed by atoms with Crippen LogP contribution in [0.5, 0.6) is 0 Å². The maximum Gasteiger partial charge on any atom is 0.0910 e. The fourth-order valence-electron chi connectivity index (χ4n) is 1.42. The van der Waals surface area contributed by atoms with Crippen molar-refractivity contribution in [1.29, 1.82) is 0 Å². The number of rotatable bonds is 1. The molecule has 2 nitrogen and oxygen atoms in total. The number of nitrogens with zero attached hydrogens (tertiary/aromatic N) is 2. The predicted octanol–water partition coefficient (Wildman–Crippen LogP) is 3.17. The van der Waals surface area contributed by atoms with Crippen molar-refractivity contribution in [3.05, 3.63) is 44.3 Å². The van der Waals surface area contributed by atoms with Crippen LogP contribution in [0.1, 0.15) is 4.88 Å². The molecule has 68 valence electrons. The van der Waals surface area contributed by atoms with Crippen LogP contribution < -0.4 is 0 Å². The molecule has 0 N–H and O–H groups in total. The first kappa shape index (κ1) is 8.32. The Morgan fingerprint density at radius 1 is 1.21 bits per heavy atom. The fourth-order valence-corrected chi connectivity index (χ4v) is 2.76. The number of halogens is 1. The maximum absolute atomic E-state index is 4.48. The van der Waals surface area contributed by atoms with Gasteiger partial charge in [-0.15, -0.1) is 11.3 Å². The number of allylic oxidation sites excluding steroid dienone is 2. The van der Waals surface area contributed by atoms with Crippen LogP contribution >= 0.6 is 27.3 Å². The summed E-state index contributed by atoms with van der Waals surface area (Å²) in [5.41, 5.74) is 2.97. The molecule has 1 aromatic heterocycles. The van der Waals surface area contributed by atoms with E-state index in [1.54, 1.807) is 17.6 Å². The first-order valence-electron chi connectivity index (χ1n) is 4.14. The molecule has 0 aliphatic carbocycles. The van der Waals surface area contributed by atoms with E-state index in [1.165, 1.54) is 4.88 Å². The Labute approximate surface area is 93.5 Å². The molecular weight excluding hydrogens is 260 g/mol. The smallest absolute Gasteiger partial charge is 0.0910 e. The second-order valence-corrected chi connectivity index (χ2v) is 5.42. The van der Waals surface area contributed by atoms with Crippen LogP contribution in [0.15, 0.2) is 49.5 Å². The lowest BCUT2D eigenvalue weighted by Gasteiger charge is -1.89. The molecule has 0 unspecified atom stereocenters. The van der Waals surface area contributed by atoms with E-state index in [-0.39, 0.29) is 0 Å². The highest BCUT2D eigenvalue weighted by atomic mass is 79.9.